The first-order chi connectivity index (χ1) is 13.1. The highest BCUT2D eigenvalue weighted by molar-refractivity contribution is 5.67. The highest BCUT2D eigenvalue weighted by Crippen LogP contribution is 2.34. The molecule has 4 heteroatoms. The minimum absolute atomic E-state index is 0.495. The zero-order chi connectivity index (χ0) is 19.2. The first-order valence-corrected chi connectivity index (χ1v) is 11.1. The van der Waals surface area contributed by atoms with Crippen LogP contribution in [0.4, 0.5) is 11.4 Å². The number of hydrogen-bond donors (Lipinski definition) is 2. The highest BCUT2D eigenvalue weighted by atomic mass is 16.5. The summed E-state index contributed by atoms with van der Waals surface area (Å²) >= 11 is 0. The van der Waals surface area contributed by atoms with Gasteiger partial charge in [-0.15, -0.1) is 0 Å². The van der Waals surface area contributed by atoms with E-state index in [0.29, 0.717) is 12.1 Å². The van der Waals surface area contributed by atoms with E-state index in [1.54, 1.807) is 0 Å². The maximum atomic E-state index is 6.15. The van der Waals surface area contributed by atoms with Crippen LogP contribution in [0, 0.1) is 12.8 Å². The standard InChI is InChI=1S/C23H39N3O/c1-4-14-27-20-7-9-23(18(5-2)16-20)26-12-10-19(11-13-26)25-22-15-17(3)6-8-21(22)24/h6,8,15,18-20,23,25H,4-5,7,9-14,16,24H2,1-3H3/t18-,20-,23-/m0/s1. The topological polar surface area (TPSA) is 50.5 Å². The molecule has 2 aliphatic rings. The first-order valence-electron chi connectivity index (χ1n) is 11.1. The molecule has 3 N–H and O–H groups in total. The molecule has 0 spiro atoms. The molecular formula is C23H39N3O. The Morgan fingerprint density at radius 2 is 1.93 bits per heavy atom. The second-order valence-electron chi connectivity index (χ2n) is 8.59. The van der Waals surface area contributed by atoms with Crippen molar-refractivity contribution in [3.8, 4) is 0 Å². The second-order valence-corrected chi connectivity index (χ2v) is 8.59. The number of anilines is 2. The van der Waals surface area contributed by atoms with Crippen LogP contribution in [-0.2, 0) is 4.74 Å². The summed E-state index contributed by atoms with van der Waals surface area (Å²) in [5, 5.41) is 3.70. The molecule has 152 valence electrons. The Bertz CT molecular complexity index is 583. The fourth-order valence-corrected chi connectivity index (χ4v) is 4.95. The van der Waals surface area contributed by atoms with Gasteiger partial charge in [0.1, 0.15) is 0 Å². The van der Waals surface area contributed by atoms with Crippen molar-refractivity contribution in [1.82, 2.24) is 4.90 Å². The molecule has 1 aliphatic heterocycles. The molecule has 1 aromatic rings. The summed E-state index contributed by atoms with van der Waals surface area (Å²) in [6.07, 6.45) is 9.09. The summed E-state index contributed by atoms with van der Waals surface area (Å²) < 4.78 is 6.06. The number of nitrogens with two attached hydrogens (primary N) is 1. The number of piperidine rings is 1. The summed E-state index contributed by atoms with van der Waals surface area (Å²) in [4.78, 5) is 2.77. The van der Waals surface area contributed by atoms with E-state index in [4.69, 9.17) is 10.5 Å². The normalized spacial score (nSPS) is 27.6. The van der Waals surface area contributed by atoms with Gasteiger partial charge in [0.05, 0.1) is 17.5 Å². The van der Waals surface area contributed by atoms with Crippen LogP contribution < -0.4 is 11.1 Å². The van der Waals surface area contributed by atoms with Gasteiger partial charge < -0.3 is 15.8 Å². The van der Waals surface area contributed by atoms with Crippen LogP contribution in [0.25, 0.3) is 0 Å². The summed E-state index contributed by atoms with van der Waals surface area (Å²) in [6, 6.07) is 7.55. The molecule has 0 aromatic heterocycles. The van der Waals surface area contributed by atoms with Crippen molar-refractivity contribution in [3.63, 3.8) is 0 Å². The Morgan fingerprint density at radius 1 is 1.15 bits per heavy atom. The number of nitrogens with one attached hydrogen (secondary N) is 1. The Morgan fingerprint density at radius 3 is 2.63 bits per heavy atom. The minimum Gasteiger partial charge on any atom is -0.397 e. The van der Waals surface area contributed by atoms with Gasteiger partial charge >= 0.3 is 0 Å². The third kappa shape index (κ3) is 5.39. The molecule has 0 unspecified atom stereocenters. The van der Waals surface area contributed by atoms with Crippen molar-refractivity contribution in [3.05, 3.63) is 23.8 Å². The molecule has 0 bridgehead atoms. The van der Waals surface area contributed by atoms with E-state index in [2.05, 4.69) is 43.1 Å². The zero-order valence-electron chi connectivity index (χ0n) is 17.5. The maximum absolute atomic E-state index is 6.15. The van der Waals surface area contributed by atoms with Crippen molar-refractivity contribution in [2.75, 3.05) is 30.7 Å². The molecule has 3 atom stereocenters. The van der Waals surface area contributed by atoms with E-state index >= 15 is 0 Å². The number of aryl methyl sites for hydroxylation is 1. The fraction of sp³-hybridized carbons (Fsp3) is 0.739. The van der Waals surface area contributed by atoms with Gasteiger partial charge in [-0.05, 0) is 69.1 Å². The summed E-state index contributed by atoms with van der Waals surface area (Å²) in [5.41, 5.74) is 9.38. The SMILES string of the molecule is CCCO[C@H]1CC[C@H](N2CCC(Nc3cc(C)ccc3N)CC2)[C@@H](CC)C1. The molecular weight excluding hydrogens is 334 g/mol. The number of nitrogen functional groups attached to an aromatic ring is 1. The first kappa shape index (κ1) is 20.5. The van der Waals surface area contributed by atoms with Crippen LogP contribution in [0.2, 0.25) is 0 Å². The monoisotopic (exact) mass is 373 g/mol. The predicted octanol–water partition coefficient (Wildman–Crippen LogP) is 4.83. The van der Waals surface area contributed by atoms with E-state index < -0.39 is 0 Å². The van der Waals surface area contributed by atoms with Gasteiger partial charge in [-0.25, -0.2) is 0 Å². The van der Waals surface area contributed by atoms with Crippen molar-refractivity contribution < 1.29 is 4.74 Å². The Kier molecular flexibility index (Phi) is 7.42. The number of rotatable bonds is 7. The Balaban J connectivity index is 1.50. The minimum atomic E-state index is 0.495. The fourth-order valence-electron chi connectivity index (χ4n) is 4.95. The van der Waals surface area contributed by atoms with E-state index in [1.165, 1.54) is 57.2 Å². The average molecular weight is 374 g/mol. The van der Waals surface area contributed by atoms with E-state index in [0.717, 1.165) is 36.4 Å². The largest absolute Gasteiger partial charge is 0.397 e. The van der Waals surface area contributed by atoms with Gasteiger partial charge in [-0.2, -0.15) is 0 Å². The van der Waals surface area contributed by atoms with Crippen LogP contribution in [0.5, 0.6) is 0 Å². The van der Waals surface area contributed by atoms with E-state index in [1.807, 2.05) is 6.07 Å². The second kappa shape index (κ2) is 9.79. The number of likely N-dealkylation sites (tertiary alicyclic amines) is 1. The smallest absolute Gasteiger partial charge is 0.0579 e. The molecule has 1 aliphatic carbocycles. The average Bonchev–Trinajstić information content (AvgIpc) is 2.69. The lowest BCUT2D eigenvalue weighted by Crippen LogP contribution is -2.50. The molecule has 1 saturated heterocycles. The lowest BCUT2D eigenvalue weighted by atomic mass is 9.79. The summed E-state index contributed by atoms with van der Waals surface area (Å²) in [7, 11) is 0. The van der Waals surface area contributed by atoms with Crippen molar-refractivity contribution in [2.24, 2.45) is 5.92 Å². The number of ether oxygens (including phenoxy) is 1. The predicted molar refractivity (Wildman–Crippen MR) is 115 cm³/mol. The number of nitrogens with zero attached hydrogens (tertiary/aromatic N) is 1. The molecule has 0 radical (unpaired) electrons. The summed E-state index contributed by atoms with van der Waals surface area (Å²) in [6.45, 7) is 10.00. The van der Waals surface area contributed by atoms with Gasteiger partial charge in [0.15, 0.2) is 0 Å². The van der Waals surface area contributed by atoms with E-state index in [-0.39, 0.29) is 0 Å². The molecule has 4 nitrogen and oxygen atoms in total. The molecule has 2 fully saturated rings. The molecule has 1 saturated carbocycles. The maximum Gasteiger partial charge on any atom is 0.0579 e. The van der Waals surface area contributed by atoms with Gasteiger partial charge in [-0.3, -0.25) is 4.90 Å². The molecule has 3 rings (SSSR count). The van der Waals surface area contributed by atoms with Crippen LogP contribution >= 0.6 is 0 Å². The third-order valence-electron chi connectivity index (χ3n) is 6.54. The Labute approximate surface area is 165 Å². The number of benzene rings is 1. The van der Waals surface area contributed by atoms with Crippen LogP contribution in [0.1, 0.15) is 64.4 Å². The third-order valence-corrected chi connectivity index (χ3v) is 6.54. The highest BCUT2D eigenvalue weighted by Gasteiger charge is 2.35. The quantitative estimate of drug-likeness (QED) is 0.672. The Hall–Kier alpha value is -1.26. The lowest BCUT2D eigenvalue weighted by molar-refractivity contribution is -0.0230. The van der Waals surface area contributed by atoms with Gasteiger partial charge in [-0.1, -0.05) is 26.3 Å². The van der Waals surface area contributed by atoms with Crippen LogP contribution in [-0.4, -0.2) is 42.8 Å². The molecule has 1 heterocycles. The molecule has 0 amide bonds. The molecule has 27 heavy (non-hydrogen) atoms. The van der Waals surface area contributed by atoms with Crippen molar-refractivity contribution in [2.45, 2.75) is 83.9 Å². The summed E-state index contributed by atoms with van der Waals surface area (Å²) in [5.74, 6) is 0.789. The van der Waals surface area contributed by atoms with Gasteiger partial charge in [0, 0.05) is 31.8 Å². The number of hydrogen-bond acceptors (Lipinski definition) is 4. The van der Waals surface area contributed by atoms with Crippen molar-refractivity contribution in [1.29, 1.82) is 0 Å². The van der Waals surface area contributed by atoms with E-state index in [9.17, 15) is 0 Å². The van der Waals surface area contributed by atoms with Crippen LogP contribution in [0.15, 0.2) is 18.2 Å². The van der Waals surface area contributed by atoms with Crippen molar-refractivity contribution >= 4 is 11.4 Å². The van der Waals surface area contributed by atoms with Gasteiger partial charge in [0.25, 0.3) is 0 Å². The zero-order valence-corrected chi connectivity index (χ0v) is 17.5. The lowest BCUT2D eigenvalue weighted by Gasteiger charge is -2.45. The molecule has 1 aromatic carbocycles. The van der Waals surface area contributed by atoms with Crippen LogP contribution in [0.3, 0.4) is 0 Å². The van der Waals surface area contributed by atoms with Gasteiger partial charge in [0.2, 0.25) is 0 Å².